The van der Waals surface area contributed by atoms with Crippen molar-refractivity contribution in [2.24, 2.45) is 5.92 Å². The Kier molecular flexibility index (Phi) is 7.87. The number of benzene rings is 1. The van der Waals surface area contributed by atoms with Crippen molar-refractivity contribution >= 4 is 35.6 Å². The van der Waals surface area contributed by atoms with Gasteiger partial charge in [-0.1, -0.05) is 25.3 Å². The molecular formula is C22H30ClN5O2. The third kappa shape index (κ3) is 5.61. The fourth-order valence-corrected chi connectivity index (χ4v) is 4.20. The Morgan fingerprint density at radius 3 is 2.50 bits per heavy atom. The van der Waals surface area contributed by atoms with Gasteiger partial charge in [0.2, 0.25) is 5.91 Å². The van der Waals surface area contributed by atoms with Gasteiger partial charge in [-0.2, -0.15) is 5.10 Å². The molecule has 2 aromatic rings. The van der Waals surface area contributed by atoms with E-state index in [1.54, 1.807) is 12.1 Å². The Bertz CT molecular complexity index is 857. The van der Waals surface area contributed by atoms with Crippen molar-refractivity contribution in [1.82, 2.24) is 15.1 Å². The predicted octanol–water partition coefficient (Wildman–Crippen LogP) is 4.00. The van der Waals surface area contributed by atoms with Crippen molar-refractivity contribution in [3.63, 3.8) is 0 Å². The second kappa shape index (κ2) is 10.6. The van der Waals surface area contributed by atoms with Crippen LogP contribution >= 0.6 is 12.4 Å². The summed E-state index contributed by atoms with van der Waals surface area (Å²) >= 11 is 0. The molecule has 7 nitrogen and oxygen atoms in total. The average molecular weight is 432 g/mol. The van der Waals surface area contributed by atoms with Gasteiger partial charge in [0.25, 0.3) is 5.91 Å². The van der Waals surface area contributed by atoms with Crippen molar-refractivity contribution in [3.8, 4) is 0 Å². The molecule has 1 saturated heterocycles. The van der Waals surface area contributed by atoms with E-state index in [4.69, 9.17) is 0 Å². The smallest absolute Gasteiger partial charge is 0.276 e. The van der Waals surface area contributed by atoms with E-state index in [1.165, 1.54) is 6.42 Å². The number of anilines is 2. The number of piperidine rings is 1. The standard InChI is InChI=1S/C22H29N5O2.ClH/c28-21(16-6-2-1-3-7-16)24-17-8-4-9-18(14-17)25-22(29)20-11-13-27(26-20)19-10-5-12-23-15-19;/h4,8-9,11,13-14,16,19,23H,1-3,5-7,10,12,15H2,(H,24,28)(H,25,29);1H. The van der Waals surface area contributed by atoms with Crippen LogP contribution in [0.25, 0.3) is 0 Å². The number of carbonyl (C=O) groups is 2. The van der Waals surface area contributed by atoms with E-state index < -0.39 is 0 Å². The van der Waals surface area contributed by atoms with Gasteiger partial charge < -0.3 is 16.0 Å². The maximum Gasteiger partial charge on any atom is 0.276 e. The summed E-state index contributed by atoms with van der Waals surface area (Å²) in [4.78, 5) is 25.1. The number of hydrogen-bond donors (Lipinski definition) is 3. The van der Waals surface area contributed by atoms with E-state index in [0.29, 0.717) is 23.1 Å². The van der Waals surface area contributed by atoms with Crippen LogP contribution in [0.5, 0.6) is 0 Å². The van der Waals surface area contributed by atoms with Crippen molar-refractivity contribution in [3.05, 3.63) is 42.2 Å². The molecule has 2 amide bonds. The minimum atomic E-state index is -0.247. The second-order valence-electron chi connectivity index (χ2n) is 8.04. The molecule has 30 heavy (non-hydrogen) atoms. The first-order valence-corrected chi connectivity index (χ1v) is 10.7. The molecular weight excluding hydrogens is 402 g/mol. The minimum Gasteiger partial charge on any atom is -0.326 e. The molecule has 1 unspecified atom stereocenters. The molecule has 0 radical (unpaired) electrons. The number of rotatable bonds is 5. The summed E-state index contributed by atoms with van der Waals surface area (Å²) in [6.07, 6.45) is 9.44. The lowest BCUT2D eigenvalue weighted by molar-refractivity contribution is -0.120. The zero-order valence-electron chi connectivity index (χ0n) is 17.1. The lowest BCUT2D eigenvalue weighted by atomic mass is 9.88. The quantitative estimate of drug-likeness (QED) is 0.667. The summed E-state index contributed by atoms with van der Waals surface area (Å²) in [6.45, 7) is 1.92. The van der Waals surface area contributed by atoms with E-state index in [0.717, 1.165) is 51.6 Å². The Morgan fingerprint density at radius 1 is 1.00 bits per heavy atom. The fraction of sp³-hybridized carbons (Fsp3) is 0.500. The maximum atomic E-state index is 12.6. The van der Waals surface area contributed by atoms with Crippen LogP contribution in [-0.4, -0.2) is 34.7 Å². The normalized spacial score (nSPS) is 19.5. The Labute approximate surface area is 183 Å². The van der Waals surface area contributed by atoms with Crippen LogP contribution in [0, 0.1) is 5.92 Å². The number of nitrogens with one attached hydrogen (secondary N) is 3. The molecule has 3 N–H and O–H groups in total. The molecule has 1 aliphatic heterocycles. The number of hydrogen-bond acceptors (Lipinski definition) is 4. The van der Waals surface area contributed by atoms with Gasteiger partial charge >= 0.3 is 0 Å². The van der Waals surface area contributed by atoms with Gasteiger partial charge in [0, 0.05) is 30.0 Å². The van der Waals surface area contributed by atoms with Crippen molar-refractivity contribution in [1.29, 1.82) is 0 Å². The molecule has 1 aliphatic carbocycles. The summed E-state index contributed by atoms with van der Waals surface area (Å²) in [5.74, 6) is -0.0727. The summed E-state index contributed by atoms with van der Waals surface area (Å²) in [5.41, 5.74) is 1.75. The van der Waals surface area contributed by atoms with Gasteiger partial charge in [0.1, 0.15) is 0 Å². The van der Waals surface area contributed by atoms with Gasteiger partial charge in [-0.05, 0) is 56.5 Å². The number of aromatic nitrogens is 2. The molecule has 1 aromatic heterocycles. The largest absolute Gasteiger partial charge is 0.326 e. The lowest BCUT2D eigenvalue weighted by Gasteiger charge is -2.22. The van der Waals surface area contributed by atoms with Gasteiger partial charge in [0.05, 0.1) is 6.04 Å². The monoisotopic (exact) mass is 431 g/mol. The lowest BCUT2D eigenvalue weighted by Crippen LogP contribution is -2.32. The minimum absolute atomic E-state index is 0. The zero-order valence-corrected chi connectivity index (χ0v) is 17.9. The first kappa shape index (κ1) is 22.3. The van der Waals surface area contributed by atoms with Crippen LogP contribution in [0.3, 0.4) is 0 Å². The second-order valence-corrected chi connectivity index (χ2v) is 8.04. The third-order valence-electron chi connectivity index (χ3n) is 5.85. The molecule has 0 spiro atoms. The third-order valence-corrected chi connectivity index (χ3v) is 5.85. The van der Waals surface area contributed by atoms with E-state index in [9.17, 15) is 9.59 Å². The van der Waals surface area contributed by atoms with E-state index in [2.05, 4.69) is 21.0 Å². The van der Waals surface area contributed by atoms with Crippen LogP contribution in [-0.2, 0) is 4.79 Å². The Hall–Kier alpha value is -2.38. The molecule has 1 saturated carbocycles. The summed E-state index contributed by atoms with van der Waals surface area (Å²) < 4.78 is 1.88. The first-order chi connectivity index (χ1) is 14.2. The molecule has 0 bridgehead atoms. The predicted molar refractivity (Wildman–Crippen MR) is 120 cm³/mol. The molecule has 2 fully saturated rings. The molecule has 8 heteroatoms. The van der Waals surface area contributed by atoms with Crippen molar-refractivity contribution in [2.45, 2.75) is 51.0 Å². The topological polar surface area (TPSA) is 88.0 Å². The highest BCUT2D eigenvalue weighted by atomic mass is 35.5. The SMILES string of the molecule is Cl.O=C(Nc1cccc(NC(=O)C2CCCCC2)c1)c1ccn(C2CCCNC2)n1. The molecule has 2 aliphatic rings. The van der Waals surface area contributed by atoms with Gasteiger partial charge in [-0.15, -0.1) is 12.4 Å². The van der Waals surface area contributed by atoms with Gasteiger partial charge in [-0.3, -0.25) is 14.3 Å². The summed E-state index contributed by atoms with van der Waals surface area (Å²) in [5, 5.41) is 13.7. The van der Waals surface area contributed by atoms with Gasteiger partial charge in [-0.25, -0.2) is 0 Å². The summed E-state index contributed by atoms with van der Waals surface area (Å²) in [6, 6.07) is 9.33. The zero-order chi connectivity index (χ0) is 20.1. The first-order valence-electron chi connectivity index (χ1n) is 10.7. The number of amides is 2. The van der Waals surface area contributed by atoms with E-state index in [1.807, 2.05) is 29.1 Å². The maximum absolute atomic E-state index is 12.6. The molecule has 2 heterocycles. The van der Waals surface area contributed by atoms with E-state index in [-0.39, 0.29) is 30.1 Å². The number of carbonyl (C=O) groups excluding carboxylic acids is 2. The molecule has 4 rings (SSSR count). The number of nitrogens with zero attached hydrogens (tertiary/aromatic N) is 2. The highest BCUT2D eigenvalue weighted by molar-refractivity contribution is 6.03. The van der Waals surface area contributed by atoms with Crippen molar-refractivity contribution in [2.75, 3.05) is 23.7 Å². The van der Waals surface area contributed by atoms with Crippen LogP contribution in [0.1, 0.15) is 61.5 Å². The van der Waals surface area contributed by atoms with Gasteiger partial charge in [0.15, 0.2) is 5.69 Å². The van der Waals surface area contributed by atoms with Crippen molar-refractivity contribution < 1.29 is 9.59 Å². The Morgan fingerprint density at radius 2 is 1.77 bits per heavy atom. The highest BCUT2D eigenvalue weighted by Crippen LogP contribution is 2.25. The van der Waals surface area contributed by atoms with Crippen LogP contribution in [0.2, 0.25) is 0 Å². The molecule has 162 valence electrons. The summed E-state index contributed by atoms with van der Waals surface area (Å²) in [7, 11) is 0. The highest BCUT2D eigenvalue weighted by Gasteiger charge is 2.21. The van der Waals surface area contributed by atoms with Crippen LogP contribution in [0.4, 0.5) is 11.4 Å². The van der Waals surface area contributed by atoms with Crippen LogP contribution < -0.4 is 16.0 Å². The average Bonchev–Trinajstić information content (AvgIpc) is 3.26. The molecule has 1 atom stereocenters. The number of halogens is 1. The van der Waals surface area contributed by atoms with Crippen LogP contribution in [0.15, 0.2) is 36.5 Å². The van der Waals surface area contributed by atoms with E-state index >= 15 is 0 Å². The molecule has 1 aromatic carbocycles. The fourth-order valence-electron chi connectivity index (χ4n) is 4.20. The Balaban J connectivity index is 0.00000256.